The van der Waals surface area contributed by atoms with Crippen LogP contribution in [0.25, 0.3) is 11.3 Å². The summed E-state index contributed by atoms with van der Waals surface area (Å²) in [5.74, 6) is 0.707. The topological polar surface area (TPSA) is 61.1 Å². The Morgan fingerprint density at radius 3 is 2.87 bits per heavy atom. The van der Waals surface area contributed by atoms with Crippen molar-refractivity contribution in [3.05, 3.63) is 43.1 Å². The summed E-state index contributed by atoms with van der Waals surface area (Å²) in [6, 6.07) is 5.78. The van der Waals surface area contributed by atoms with E-state index in [-0.39, 0.29) is 0 Å². The molecule has 0 spiro atoms. The molecule has 3 heterocycles. The zero-order valence-electron chi connectivity index (χ0n) is 7.91. The van der Waals surface area contributed by atoms with Gasteiger partial charge in [-0.05, 0) is 12.1 Å². The summed E-state index contributed by atoms with van der Waals surface area (Å²) in [4.78, 5) is 3.97. The van der Waals surface area contributed by atoms with Crippen LogP contribution in [0.15, 0.2) is 43.1 Å². The minimum absolute atomic E-state index is 0.661. The summed E-state index contributed by atoms with van der Waals surface area (Å²) < 4.78 is 3.55. The first-order valence-corrected chi connectivity index (χ1v) is 4.57. The molecule has 3 aromatic rings. The van der Waals surface area contributed by atoms with E-state index in [4.69, 9.17) is 5.73 Å². The highest BCUT2D eigenvalue weighted by Crippen LogP contribution is 2.20. The number of pyridine rings is 1. The third kappa shape index (κ3) is 1.10. The number of imidazole rings is 1. The number of fused-ring (bicyclic) bond motifs is 1. The number of nitrogen functional groups attached to an aromatic ring is 1. The van der Waals surface area contributed by atoms with E-state index in [9.17, 15) is 0 Å². The highest BCUT2D eigenvalue weighted by atomic mass is 15.3. The van der Waals surface area contributed by atoms with E-state index >= 15 is 0 Å². The second kappa shape index (κ2) is 2.84. The molecule has 2 N–H and O–H groups in total. The van der Waals surface area contributed by atoms with Gasteiger partial charge in [0.2, 0.25) is 0 Å². The lowest BCUT2D eigenvalue weighted by Crippen LogP contribution is -1.95. The van der Waals surface area contributed by atoms with Gasteiger partial charge in [-0.15, -0.1) is 5.10 Å². The van der Waals surface area contributed by atoms with Crippen LogP contribution in [0.4, 0.5) is 5.69 Å². The molecule has 0 aliphatic heterocycles. The highest BCUT2D eigenvalue weighted by molar-refractivity contribution is 5.76. The third-order valence-electron chi connectivity index (χ3n) is 2.31. The lowest BCUT2D eigenvalue weighted by molar-refractivity contribution is 0.896. The van der Waals surface area contributed by atoms with Crippen molar-refractivity contribution in [1.82, 2.24) is 19.2 Å². The van der Waals surface area contributed by atoms with Crippen LogP contribution in [0.5, 0.6) is 0 Å². The Kier molecular flexibility index (Phi) is 1.53. The second-order valence-electron chi connectivity index (χ2n) is 3.24. The molecule has 74 valence electrons. The lowest BCUT2D eigenvalue weighted by atomic mass is 10.3. The summed E-state index contributed by atoms with van der Waals surface area (Å²) >= 11 is 0. The van der Waals surface area contributed by atoms with Crippen LogP contribution in [0, 0.1) is 0 Å². The largest absolute Gasteiger partial charge is 0.394 e. The van der Waals surface area contributed by atoms with Crippen molar-refractivity contribution in [3.8, 4) is 5.82 Å². The molecule has 0 unspecified atom stereocenters. The van der Waals surface area contributed by atoms with Crippen molar-refractivity contribution in [1.29, 1.82) is 0 Å². The average Bonchev–Trinajstić information content (AvgIpc) is 2.87. The van der Waals surface area contributed by atoms with E-state index in [0.29, 0.717) is 11.5 Å². The molecule has 0 atom stereocenters. The molecule has 0 fully saturated rings. The maximum Gasteiger partial charge on any atom is 0.184 e. The Labute approximate surface area is 85.8 Å². The van der Waals surface area contributed by atoms with E-state index in [1.807, 2.05) is 30.6 Å². The van der Waals surface area contributed by atoms with E-state index in [1.54, 1.807) is 21.6 Å². The zero-order chi connectivity index (χ0) is 10.3. The number of nitrogens with two attached hydrogens (primary N) is 1. The van der Waals surface area contributed by atoms with Crippen LogP contribution in [0.2, 0.25) is 0 Å². The van der Waals surface area contributed by atoms with Crippen molar-refractivity contribution >= 4 is 11.2 Å². The van der Waals surface area contributed by atoms with Gasteiger partial charge in [0.05, 0.1) is 5.52 Å². The quantitative estimate of drug-likeness (QED) is 0.638. The first kappa shape index (κ1) is 8.05. The standard InChI is InChI=1S/C10H9N5/c11-9-8-3-1-2-5-15(8)13-10(9)14-6-4-12-7-14/h1-7H,11H2. The van der Waals surface area contributed by atoms with E-state index < -0.39 is 0 Å². The highest BCUT2D eigenvalue weighted by Gasteiger charge is 2.09. The van der Waals surface area contributed by atoms with Gasteiger partial charge in [-0.2, -0.15) is 0 Å². The Morgan fingerprint density at radius 1 is 1.20 bits per heavy atom. The first-order chi connectivity index (χ1) is 7.36. The molecule has 0 saturated carbocycles. The number of aromatic nitrogens is 4. The number of hydrogen-bond acceptors (Lipinski definition) is 3. The predicted octanol–water partition coefficient (Wildman–Crippen LogP) is 1.10. The molecular weight excluding hydrogens is 190 g/mol. The fraction of sp³-hybridized carbons (Fsp3) is 0. The summed E-state index contributed by atoms with van der Waals surface area (Å²) in [6.45, 7) is 0. The molecule has 15 heavy (non-hydrogen) atoms. The molecule has 0 aliphatic rings. The first-order valence-electron chi connectivity index (χ1n) is 4.57. The van der Waals surface area contributed by atoms with E-state index in [0.717, 1.165) is 5.52 Å². The second-order valence-corrected chi connectivity index (χ2v) is 3.24. The lowest BCUT2D eigenvalue weighted by Gasteiger charge is -1.95. The molecule has 3 rings (SSSR count). The fourth-order valence-electron chi connectivity index (χ4n) is 1.58. The summed E-state index contributed by atoms with van der Waals surface area (Å²) in [6.07, 6.45) is 7.06. The SMILES string of the molecule is Nc1c(-n2ccnc2)nn2ccccc12. The van der Waals surface area contributed by atoms with E-state index in [2.05, 4.69) is 10.1 Å². The molecular formula is C10H9N5. The van der Waals surface area contributed by atoms with Gasteiger partial charge in [0.15, 0.2) is 5.82 Å². The molecule has 0 aliphatic carbocycles. The predicted molar refractivity (Wildman–Crippen MR) is 56.7 cm³/mol. The van der Waals surface area contributed by atoms with Gasteiger partial charge in [0.25, 0.3) is 0 Å². The fourth-order valence-corrected chi connectivity index (χ4v) is 1.58. The molecule has 0 bridgehead atoms. The van der Waals surface area contributed by atoms with Crippen molar-refractivity contribution in [2.45, 2.75) is 0 Å². The Morgan fingerprint density at radius 2 is 2.13 bits per heavy atom. The van der Waals surface area contributed by atoms with Gasteiger partial charge in [0.1, 0.15) is 12.0 Å². The van der Waals surface area contributed by atoms with Crippen LogP contribution in [-0.2, 0) is 0 Å². The molecule has 0 radical (unpaired) electrons. The molecule has 5 nitrogen and oxygen atoms in total. The normalized spacial score (nSPS) is 10.9. The molecule has 3 aromatic heterocycles. The maximum absolute atomic E-state index is 6.00. The van der Waals surface area contributed by atoms with Crippen molar-refractivity contribution in [3.63, 3.8) is 0 Å². The number of anilines is 1. The average molecular weight is 199 g/mol. The van der Waals surface area contributed by atoms with Gasteiger partial charge in [-0.25, -0.2) is 9.50 Å². The van der Waals surface area contributed by atoms with Gasteiger partial charge in [-0.1, -0.05) is 6.07 Å². The monoisotopic (exact) mass is 199 g/mol. The van der Waals surface area contributed by atoms with E-state index in [1.165, 1.54) is 0 Å². The van der Waals surface area contributed by atoms with Gasteiger partial charge < -0.3 is 5.73 Å². The molecule has 0 aromatic carbocycles. The van der Waals surface area contributed by atoms with Crippen LogP contribution in [0.1, 0.15) is 0 Å². The maximum atomic E-state index is 6.00. The number of rotatable bonds is 1. The smallest absolute Gasteiger partial charge is 0.184 e. The van der Waals surface area contributed by atoms with Crippen molar-refractivity contribution in [2.75, 3.05) is 5.73 Å². The summed E-state index contributed by atoms with van der Waals surface area (Å²) in [5, 5.41) is 4.37. The van der Waals surface area contributed by atoms with Crippen molar-refractivity contribution in [2.24, 2.45) is 0 Å². The molecule has 0 saturated heterocycles. The Hall–Kier alpha value is -2.30. The minimum Gasteiger partial charge on any atom is -0.394 e. The Balaban J connectivity index is 2.33. The zero-order valence-corrected chi connectivity index (χ0v) is 7.91. The summed E-state index contributed by atoms with van der Waals surface area (Å²) in [7, 11) is 0. The van der Waals surface area contributed by atoms with Crippen LogP contribution in [0.3, 0.4) is 0 Å². The third-order valence-corrected chi connectivity index (χ3v) is 2.31. The van der Waals surface area contributed by atoms with Gasteiger partial charge in [0, 0.05) is 18.6 Å². The van der Waals surface area contributed by atoms with Crippen LogP contribution >= 0.6 is 0 Å². The van der Waals surface area contributed by atoms with Gasteiger partial charge in [-0.3, -0.25) is 4.57 Å². The number of nitrogens with zero attached hydrogens (tertiary/aromatic N) is 4. The minimum atomic E-state index is 0.661. The summed E-state index contributed by atoms with van der Waals surface area (Å²) in [5.41, 5.74) is 7.56. The van der Waals surface area contributed by atoms with Crippen LogP contribution in [-0.4, -0.2) is 19.2 Å². The van der Waals surface area contributed by atoms with Crippen LogP contribution < -0.4 is 5.73 Å². The number of hydrogen-bond donors (Lipinski definition) is 1. The van der Waals surface area contributed by atoms with Gasteiger partial charge >= 0.3 is 0 Å². The Bertz CT molecular complexity index is 593. The van der Waals surface area contributed by atoms with Crippen molar-refractivity contribution < 1.29 is 0 Å². The molecule has 5 heteroatoms. The molecule has 0 amide bonds.